The molecule has 2 rings (SSSR count). The highest BCUT2D eigenvalue weighted by molar-refractivity contribution is 5.24. The van der Waals surface area contributed by atoms with Crippen LogP contribution < -0.4 is 5.32 Å². The zero-order chi connectivity index (χ0) is 13.7. The van der Waals surface area contributed by atoms with Gasteiger partial charge in [-0.15, -0.1) is 5.10 Å². The van der Waals surface area contributed by atoms with Crippen molar-refractivity contribution in [3.05, 3.63) is 47.3 Å². The van der Waals surface area contributed by atoms with Crippen LogP contribution in [0.3, 0.4) is 0 Å². The van der Waals surface area contributed by atoms with E-state index in [9.17, 15) is 0 Å². The molecule has 0 amide bonds. The fraction of sp³-hybridized carbons (Fsp3) is 0.467. The SMILES string of the molecule is CCNCc1cn(Cc2ccc(C(C)C)cc2)nn1. The maximum atomic E-state index is 4.15. The second-order valence-electron chi connectivity index (χ2n) is 5.08. The second kappa shape index (κ2) is 6.48. The Kier molecular flexibility index (Phi) is 4.68. The van der Waals surface area contributed by atoms with Crippen molar-refractivity contribution in [2.45, 2.75) is 39.8 Å². The van der Waals surface area contributed by atoms with Crippen LogP contribution in [0.15, 0.2) is 30.5 Å². The van der Waals surface area contributed by atoms with Gasteiger partial charge in [-0.2, -0.15) is 0 Å². The van der Waals surface area contributed by atoms with Gasteiger partial charge in [-0.1, -0.05) is 50.3 Å². The minimum atomic E-state index is 0.576. The summed E-state index contributed by atoms with van der Waals surface area (Å²) in [5, 5.41) is 11.5. The molecule has 0 aliphatic heterocycles. The van der Waals surface area contributed by atoms with Gasteiger partial charge in [0.25, 0.3) is 0 Å². The quantitative estimate of drug-likeness (QED) is 0.866. The molecule has 0 saturated carbocycles. The van der Waals surface area contributed by atoms with Crippen molar-refractivity contribution in [3.63, 3.8) is 0 Å². The number of nitrogens with one attached hydrogen (secondary N) is 1. The van der Waals surface area contributed by atoms with E-state index in [-0.39, 0.29) is 0 Å². The lowest BCUT2D eigenvalue weighted by Crippen LogP contribution is -2.11. The minimum Gasteiger partial charge on any atom is -0.311 e. The molecule has 1 aromatic carbocycles. The van der Waals surface area contributed by atoms with Crippen LogP contribution in [0.1, 0.15) is 43.5 Å². The lowest BCUT2D eigenvalue weighted by Gasteiger charge is -2.06. The number of rotatable bonds is 6. The van der Waals surface area contributed by atoms with Crippen LogP contribution in [0.5, 0.6) is 0 Å². The monoisotopic (exact) mass is 258 g/mol. The van der Waals surface area contributed by atoms with E-state index >= 15 is 0 Å². The van der Waals surface area contributed by atoms with E-state index < -0.39 is 0 Å². The first-order chi connectivity index (χ1) is 9.19. The predicted molar refractivity (Wildman–Crippen MR) is 77.0 cm³/mol. The molecule has 0 fully saturated rings. The molecule has 4 nitrogen and oxygen atoms in total. The molecule has 1 N–H and O–H groups in total. The highest BCUT2D eigenvalue weighted by Crippen LogP contribution is 2.15. The van der Waals surface area contributed by atoms with E-state index in [0.717, 1.165) is 25.3 Å². The van der Waals surface area contributed by atoms with Crippen molar-refractivity contribution >= 4 is 0 Å². The largest absolute Gasteiger partial charge is 0.311 e. The van der Waals surface area contributed by atoms with Gasteiger partial charge in [0, 0.05) is 6.54 Å². The van der Waals surface area contributed by atoms with Crippen molar-refractivity contribution in [3.8, 4) is 0 Å². The van der Waals surface area contributed by atoms with E-state index in [0.29, 0.717) is 5.92 Å². The van der Waals surface area contributed by atoms with Gasteiger partial charge in [0.05, 0.1) is 18.4 Å². The van der Waals surface area contributed by atoms with Gasteiger partial charge >= 0.3 is 0 Å². The summed E-state index contributed by atoms with van der Waals surface area (Å²) in [7, 11) is 0. The molecule has 0 unspecified atom stereocenters. The van der Waals surface area contributed by atoms with Gasteiger partial charge in [0.15, 0.2) is 0 Å². The number of hydrogen-bond donors (Lipinski definition) is 1. The van der Waals surface area contributed by atoms with Crippen molar-refractivity contribution in [1.82, 2.24) is 20.3 Å². The lowest BCUT2D eigenvalue weighted by molar-refractivity contribution is 0.647. The maximum absolute atomic E-state index is 4.15. The summed E-state index contributed by atoms with van der Waals surface area (Å²) in [5.74, 6) is 0.576. The van der Waals surface area contributed by atoms with Gasteiger partial charge in [-0.25, -0.2) is 4.68 Å². The van der Waals surface area contributed by atoms with Crippen molar-refractivity contribution in [2.24, 2.45) is 0 Å². The summed E-state index contributed by atoms with van der Waals surface area (Å²) in [6.45, 7) is 9.00. The molecule has 0 atom stereocenters. The molecule has 102 valence electrons. The van der Waals surface area contributed by atoms with E-state index in [1.54, 1.807) is 0 Å². The zero-order valence-corrected chi connectivity index (χ0v) is 11.9. The molecule has 1 aromatic heterocycles. The Hall–Kier alpha value is -1.68. The predicted octanol–water partition coefficient (Wildman–Crippen LogP) is 2.56. The van der Waals surface area contributed by atoms with Crippen LogP contribution in [0.25, 0.3) is 0 Å². The van der Waals surface area contributed by atoms with Gasteiger partial charge in [-0.05, 0) is 23.6 Å². The number of aromatic nitrogens is 3. The molecular weight excluding hydrogens is 236 g/mol. The molecule has 0 spiro atoms. The normalized spacial score (nSPS) is 11.2. The first-order valence-corrected chi connectivity index (χ1v) is 6.87. The summed E-state index contributed by atoms with van der Waals surface area (Å²) in [6, 6.07) is 8.72. The fourth-order valence-corrected chi connectivity index (χ4v) is 1.94. The van der Waals surface area contributed by atoms with Crippen LogP contribution in [0.2, 0.25) is 0 Å². The fourth-order valence-electron chi connectivity index (χ4n) is 1.94. The van der Waals surface area contributed by atoms with Gasteiger partial charge < -0.3 is 5.32 Å². The highest BCUT2D eigenvalue weighted by atomic mass is 15.4. The second-order valence-corrected chi connectivity index (χ2v) is 5.08. The average molecular weight is 258 g/mol. The van der Waals surface area contributed by atoms with Crippen LogP contribution in [-0.4, -0.2) is 21.5 Å². The molecule has 0 saturated heterocycles. The average Bonchev–Trinajstić information content (AvgIpc) is 2.84. The molecule has 0 bridgehead atoms. The molecule has 0 radical (unpaired) electrons. The summed E-state index contributed by atoms with van der Waals surface area (Å²) < 4.78 is 1.89. The van der Waals surface area contributed by atoms with E-state index in [2.05, 4.69) is 60.7 Å². The third-order valence-electron chi connectivity index (χ3n) is 3.13. The molecule has 0 aliphatic carbocycles. The van der Waals surface area contributed by atoms with Gasteiger partial charge in [-0.3, -0.25) is 0 Å². The molecule has 1 heterocycles. The third-order valence-corrected chi connectivity index (χ3v) is 3.13. The molecule has 19 heavy (non-hydrogen) atoms. The Morgan fingerprint density at radius 2 is 1.95 bits per heavy atom. The minimum absolute atomic E-state index is 0.576. The molecule has 0 aliphatic rings. The Bertz CT molecular complexity index is 499. The topological polar surface area (TPSA) is 42.7 Å². The number of benzene rings is 1. The highest BCUT2D eigenvalue weighted by Gasteiger charge is 2.02. The first-order valence-electron chi connectivity index (χ1n) is 6.87. The van der Waals surface area contributed by atoms with Gasteiger partial charge in [0.2, 0.25) is 0 Å². The Balaban J connectivity index is 1.98. The number of hydrogen-bond acceptors (Lipinski definition) is 3. The summed E-state index contributed by atoms with van der Waals surface area (Å²) in [6.07, 6.45) is 2.00. The Morgan fingerprint density at radius 1 is 1.21 bits per heavy atom. The van der Waals surface area contributed by atoms with Crippen LogP contribution in [0.4, 0.5) is 0 Å². The Labute approximate surface area is 114 Å². The van der Waals surface area contributed by atoms with Crippen LogP contribution in [-0.2, 0) is 13.1 Å². The Morgan fingerprint density at radius 3 is 2.58 bits per heavy atom. The summed E-state index contributed by atoms with van der Waals surface area (Å²) >= 11 is 0. The van der Waals surface area contributed by atoms with Crippen LogP contribution in [0, 0.1) is 0 Å². The van der Waals surface area contributed by atoms with E-state index in [4.69, 9.17) is 0 Å². The van der Waals surface area contributed by atoms with Crippen molar-refractivity contribution in [2.75, 3.05) is 6.54 Å². The summed E-state index contributed by atoms with van der Waals surface area (Å²) in [5.41, 5.74) is 3.61. The van der Waals surface area contributed by atoms with Gasteiger partial charge in [0.1, 0.15) is 0 Å². The summed E-state index contributed by atoms with van der Waals surface area (Å²) in [4.78, 5) is 0. The van der Waals surface area contributed by atoms with Crippen LogP contribution >= 0.6 is 0 Å². The maximum Gasteiger partial charge on any atom is 0.0964 e. The molecular formula is C15H22N4. The zero-order valence-electron chi connectivity index (χ0n) is 11.9. The lowest BCUT2D eigenvalue weighted by atomic mass is 10.0. The van der Waals surface area contributed by atoms with Crippen molar-refractivity contribution in [1.29, 1.82) is 0 Å². The molecule has 4 heteroatoms. The number of nitrogens with zero attached hydrogens (tertiary/aromatic N) is 3. The smallest absolute Gasteiger partial charge is 0.0964 e. The third kappa shape index (κ3) is 3.89. The van der Waals surface area contributed by atoms with E-state index in [1.807, 2.05) is 10.9 Å². The van der Waals surface area contributed by atoms with E-state index in [1.165, 1.54) is 11.1 Å². The van der Waals surface area contributed by atoms with Crippen molar-refractivity contribution < 1.29 is 0 Å². The molecule has 2 aromatic rings. The first kappa shape index (κ1) is 13.7. The standard InChI is InChI=1S/C15H22N4/c1-4-16-9-15-11-19(18-17-15)10-13-5-7-14(8-6-13)12(2)3/h5-8,11-12,16H,4,9-10H2,1-3H3.